The van der Waals surface area contributed by atoms with Crippen LogP contribution in [0.5, 0.6) is 5.75 Å². The highest BCUT2D eigenvalue weighted by Gasteiger charge is 2.28. The van der Waals surface area contributed by atoms with Gasteiger partial charge in [-0.3, -0.25) is 4.79 Å². The predicted octanol–water partition coefficient (Wildman–Crippen LogP) is 3.12. The van der Waals surface area contributed by atoms with Crippen LogP contribution in [0.4, 0.5) is 0 Å². The van der Waals surface area contributed by atoms with E-state index in [-0.39, 0.29) is 5.91 Å². The van der Waals surface area contributed by atoms with Crippen molar-refractivity contribution in [2.24, 2.45) is 0 Å². The van der Waals surface area contributed by atoms with Crippen LogP contribution in [0.25, 0.3) is 10.2 Å². The Kier molecular flexibility index (Phi) is 6.65. The van der Waals surface area contributed by atoms with E-state index in [0.717, 1.165) is 43.7 Å². The Bertz CT molecular complexity index is 953. The van der Waals surface area contributed by atoms with Gasteiger partial charge >= 0.3 is 0 Å². The number of benzene rings is 2. The number of carbonyl (C=O) groups excluding carboxylic acids is 1. The Morgan fingerprint density at radius 3 is 2.80 bits per heavy atom. The van der Waals surface area contributed by atoms with Crippen molar-refractivity contribution in [1.82, 2.24) is 9.88 Å². The van der Waals surface area contributed by atoms with E-state index in [2.05, 4.69) is 37.4 Å². The third kappa shape index (κ3) is 4.99. The Labute approximate surface area is 182 Å². The van der Waals surface area contributed by atoms with E-state index in [1.807, 2.05) is 30.0 Å². The number of aromatic nitrogens is 1. The van der Waals surface area contributed by atoms with Gasteiger partial charge in [-0.15, -0.1) is 11.3 Å². The number of thiazole rings is 1. The van der Waals surface area contributed by atoms with Gasteiger partial charge in [0.05, 0.1) is 28.9 Å². The number of hydrogen-bond donors (Lipinski definition) is 1. The molecule has 4 rings (SSSR count). The quantitative estimate of drug-likeness (QED) is 0.634. The summed E-state index contributed by atoms with van der Waals surface area (Å²) < 4.78 is 6.74. The van der Waals surface area contributed by atoms with E-state index in [1.54, 1.807) is 11.3 Å². The number of carbonyl (C=O) groups is 1. The molecule has 1 fully saturated rings. The number of ether oxygens (including phenoxy) is 1. The van der Waals surface area contributed by atoms with Crippen LogP contribution >= 0.6 is 11.3 Å². The molecule has 5 nitrogen and oxygen atoms in total. The van der Waals surface area contributed by atoms with Crippen LogP contribution in [0.1, 0.15) is 36.3 Å². The second kappa shape index (κ2) is 9.58. The number of hydrogen-bond acceptors (Lipinski definition) is 4. The molecule has 2 heterocycles. The molecule has 0 saturated carbocycles. The number of quaternary nitrogens is 1. The molecule has 1 N–H and O–H groups in total. The van der Waals surface area contributed by atoms with Crippen molar-refractivity contribution in [2.75, 3.05) is 33.3 Å². The summed E-state index contributed by atoms with van der Waals surface area (Å²) >= 11 is 1.77. The SMILES string of the molecule is CCOc1ccc(C[NH+](C)CC(=O)N2CCC[C@@H](c3nc4ccccc4s3)C2)cc1. The topological polar surface area (TPSA) is 46.9 Å². The van der Waals surface area contributed by atoms with Crippen LogP contribution in [-0.4, -0.2) is 49.1 Å². The number of fused-ring (bicyclic) bond motifs is 1. The summed E-state index contributed by atoms with van der Waals surface area (Å²) in [7, 11) is 2.09. The number of nitrogens with one attached hydrogen (secondary N) is 1. The molecule has 1 saturated heterocycles. The summed E-state index contributed by atoms with van der Waals surface area (Å²) in [5.41, 5.74) is 2.29. The standard InChI is InChI=1S/C24H29N3O2S/c1-3-29-20-12-10-18(11-13-20)15-26(2)17-23(28)27-14-6-7-19(16-27)24-25-21-8-4-5-9-22(21)30-24/h4-5,8-13,19H,3,6-7,14-17H2,1-2H3/p+1/t19-/m1/s1. The zero-order valence-electron chi connectivity index (χ0n) is 17.8. The zero-order chi connectivity index (χ0) is 20.9. The third-order valence-corrected chi connectivity index (χ3v) is 6.83. The lowest BCUT2D eigenvalue weighted by Crippen LogP contribution is -3.08. The summed E-state index contributed by atoms with van der Waals surface area (Å²) in [4.78, 5) is 21.0. The minimum atomic E-state index is 0.240. The van der Waals surface area contributed by atoms with Crippen molar-refractivity contribution in [3.05, 3.63) is 59.1 Å². The van der Waals surface area contributed by atoms with Gasteiger partial charge < -0.3 is 14.5 Å². The highest BCUT2D eigenvalue weighted by molar-refractivity contribution is 7.18. The van der Waals surface area contributed by atoms with E-state index >= 15 is 0 Å². The van der Waals surface area contributed by atoms with Gasteiger partial charge in [-0.25, -0.2) is 4.98 Å². The van der Waals surface area contributed by atoms with Crippen LogP contribution in [0, 0.1) is 0 Å². The average molecular weight is 425 g/mol. The minimum Gasteiger partial charge on any atom is -0.494 e. The van der Waals surface area contributed by atoms with Crippen LogP contribution in [0.3, 0.4) is 0 Å². The van der Waals surface area contributed by atoms with Crippen molar-refractivity contribution >= 4 is 27.5 Å². The highest BCUT2D eigenvalue weighted by atomic mass is 32.1. The average Bonchev–Trinajstić information content (AvgIpc) is 3.20. The Morgan fingerprint density at radius 1 is 1.23 bits per heavy atom. The first-order chi connectivity index (χ1) is 14.6. The smallest absolute Gasteiger partial charge is 0.277 e. The van der Waals surface area contributed by atoms with Gasteiger partial charge in [-0.2, -0.15) is 0 Å². The zero-order valence-corrected chi connectivity index (χ0v) is 18.6. The van der Waals surface area contributed by atoms with Crippen molar-refractivity contribution in [2.45, 2.75) is 32.2 Å². The molecule has 1 unspecified atom stereocenters. The fraction of sp³-hybridized carbons (Fsp3) is 0.417. The highest BCUT2D eigenvalue weighted by Crippen LogP contribution is 2.32. The van der Waals surface area contributed by atoms with Crippen LogP contribution in [0.2, 0.25) is 0 Å². The van der Waals surface area contributed by atoms with Gasteiger partial charge in [0.1, 0.15) is 12.3 Å². The lowest BCUT2D eigenvalue weighted by atomic mass is 9.98. The van der Waals surface area contributed by atoms with Crippen molar-refractivity contribution < 1.29 is 14.4 Å². The first kappa shape index (κ1) is 20.8. The minimum absolute atomic E-state index is 0.240. The maximum Gasteiger partial charge on any atom is 0.277 e. The van der Waals surface area contributed by atoms with Crippen molar-refractivity contribution in [3.63, 3.8) is 0 Å². The number of para-hydroxylation sites is 1. The Balaban J connectivity index is 1.33. The molecule has 0 bridgehead atoms. The lowest BCUT2D eigenvalue weighted by molar-refractivity contribution is -0.885. The molecular formula is C24H30N3O2S+. The molecule has 6 heteroatoms. The number of likely N-dealkylation sites (N-methyl/N-ethyl adjacent to an activating group) is 1. The molecule has 1 aliphatic heterocycles. The molecule has 2 aromatic carbocycles. The maximum absolute atomic E-state index is 13.0. The van der Waals surface area contributed by atoms with Crippen LogP contribution in [0.15, 0.2) is 48.5 Å². The number of likely N-dealkylation sites (tertiary alicyclic amines) is 1. The maximum atomic E-state index is 13.0. The monoisotopic (exact) mass is 424 g/mol. The van der Waals surface area contributed by atoms with Crippen molar-refractivity contribution in [1.29, 1.82) is 0 Å². The second-order valence-corrected chi connectivity index (χ2v) is 9.15. The normalized spacial score (nSPS) is 17.8. The summed E-state index contributed by atoms with van der Waals surface area (Å²) in [5.74, 6) is 1.49. The number of rotatable bonds is 7. The second-order valence-electron chi connectivity index (χ2n) is 8.09. The van der Waals surface area contributed by atoms with E-state index in [1.165, 1.54) is 20.2 Å². The fourth-order valence-electron chi connectivity index (χ4n) is 4.12. The lowest BCUT2D eigenvalue weighted by Gasteiger charge is -2.32. The summed E-state index contributed by atoms with van der Waals surface area (Å²) in [6.07, 6.45) is 2.16. The molecule has 158 valence electrons. The van der Waals surface area contributed by atoms with E-state index < -0.39 is 0 Å². The van der Waals surface area contributed by atoms with Crippen molar-refractivity contribution in [3.8, 4) is 5.75 Å². The third-order valence-electron chi connectivity index (χ3n) is 5.63. The number of nitrogens with zero attached hydrogens (tertiary/aromatic N) is 2. The van der Waals surface area contributed by atoms with Gasteiger partial charge in [0.2, 0.25) is 0 Å². The Hall–Kier alpha value is -2.44. The number of piperidine rings is 1. The Morgan fingerprint density at radius 2 is 2.03 bits per heavy atom. The first-order valence-electron chi connectivity index (χ1n) is 10.8. The molecular weight excluding hydrogens is 394 g/mol. The summed E-state index contributed by atoms with van der Waals surface area (Å²) in [5, 5.41) is 1.17. The fourth-order valence-corrected chi connectivity index (χ4v) is 5.21. The van der Waals surface area contributed by atoms with E-state index in [9.17, 15) is 4.79 Å². The summed E-state index contributed by atoms with van der Waals surface area (Å²) in [6, 6.07) is 16.5. The van der Waals surface area contributed by atoms with Gasteiger partial charge in [0.25, 0.3) is 5.91 Å². The molecule has 2 atom stereocenters. The molecule has 3 aromatic rings. The molecule has 1 aliphatic rings. The molecule has 0 aliphatic carbocycles. The largest absolute Gasteiger partial charge is 0.494 e. The van der Waals surface area contributed by atoms with Gasteiger partial charge in [-0.05, 0) is 56.2 Å². The van der Waals surface area contributed by atoms with Gasteiger partial charge in [-0.1, -0.05) is 12.1 Å². The van der Waals surface area contributed by atoms with E-state index in [4.69, 9.17) is 9.72 Å². The van der Waals surface area contributed by atoms with Gasteiger partial charge in [0, 0.05) is 24.6 Å². The van der Waals surface area contributed by atoms with E-state index in [0.29, 0.717) is 19.1 Å². The van der Waals surface area contributed by atoms with Crippen LogP contribution < -0.4 is 9.64 Å². The molecule has 0 radical (unpaired) electrons. The number of amides is 1. The predicted molar refractivity (Wildman–Crippen MR) is 121 cm³/mol. The summed E-state index contributed by atoms with van der Waals surface area (Å²) in [6.45, 7) is 5.64. The first-order valence-corrected chi connectivity index (χ1v) is 11.6. The molecule has 1 aromatic heterocycles. The molecule has 30 heavy (non-hydrogen) atoms. The van der Waals surface area contributed by atoms with Crippen LogP contribution in [-0.2, 0) is 11.3 Å². The van der Waals surface area contributed by atoms with Gasteiger partial charge in [0.15, 0.2) is 6.54 Å². The molecule has 0 spiro atoms. The molecule has 1 amide bonds.